The highest BCUT2D eigenvalue weighted by Gasteiger charge is 2.27. The summed E-state index contributed by atoms with van der Waals surface area (Å²) >= 11 is 0. The Labute approximate surface area is 153 Å². The summed E-state index contributed by atoms with van der Waals surface area (Å²) < 4.78 is 13.1. The highest BCUT2D eigenvalue weighted by Crippen LogP contribution is 2.28. The van der Waals surface area contributed by atoms with Gasteiger partial charge >= 0.3 is 0 Å². The molecule has 2 aromatic carbocycles. The number of fused-ring (bicyclic) bond motifs is 1. The number of amides is 2. The van der Waals surface area contributed by atoms with E-state index in [2.05, 4.69) is 5.32 Å². The van der Waals surface area contributed by atoms with Crippen molar-refractivity contribution in [3.05, 3.63) is 65.5 Å². The average molecular weight is 354 g/mol. The first-order valence-corrected chi connectivity index (χ1v) is 8.85. The Morgan fingerprint density at radius 2 is 1.92 bits per heavy atom. The number of anilines is 1. The van der Waals surface area contributed by atoms with Crippen LogP contribution in [0.1, 0.15) is 36.9 Å². The van der Waals surface area contributed by atoms with Gasteiger partial charge in [-0.05, 0) is 49.1 Å². The maximum atomic E-state index is 13.1. The summed E-state index contributed by atoms with van der Waals surface area (Å²) in [6, 6.07) is 13.8. The Bertz CT molecular complexity index is 804. The van der Waals surface area contributed by atoms with E-state index in [9.17, 15) is 14.0 Å². The van der Waals surface area contributed by atoms with Gasteiger partial charge in [-0.3, -0.25) is 9.59 Å². The van der Waals surface area contributed by atoms with Crippen LogP contribution in [-0.4, -0.2) is 23.8 Å². The smallest absolute Gasteiger partial charge is 0.227 e. The SMILES string of the molecule is CC(c1ccc(F)cc1)N(C)C(=O)CCC1Cc2ccccc2NC1=O. The molecular weight excluding hydrogens is 331 g/mol. The topological polar surface area (TPSA) is 49.4 Å². The van der Waals surface area contributed by atoms with E-state index in [1.165, 1.54) is 12.1 Å². The number of rotatable bonds is 5. The normalized spacial score (nSPS) is 17.2. The van der Waals surface area contributed by atoms with Gasteiger partial charge in [0.15, 0.2) is 0 Å². The maximum Gasteiger partial charge on any atom is 0.227 e. The molecule has 4 nitrogen and oxygen atoms in total. The molecule has 5 heteroatoms. The largest absolute Gasteiger partial charge is 0.339 e. The van der Waals surface area contributed by atoms with Crippen molar-refractivity contribution < 1.29 is 14.0 Å². The van der Waals surface area contributed by atoms with Crippen LogP contribution in [0.5, 0.6) is 0 Å². The van der Waals surface area contributed by atoms with Gasteiger partial charge in [0.1, 0.15) is 5.82 Å². The molecule has 0 aromatic heterocycles. The summed E-state index contributed by atoms with van der Waals surface area (Å²) in [5, 5.41) is 2.92. The van der Waals surface area contributed by atoms with Crippen LogP contribution < -0.4 is 5.32 Å². The van der Waals surface area contributed by atoms with E-state index in [0.29, 0.717) is 19.3 Å². The van der Waals surface area contributed by atoms with Crippen LogP contribution >= 0.6 is 0 Å². The van der Waals surface area contributed by atoms with Crippen molar-refractivity contribution >= 4 is 17.5 Å². The maximum absolute atomic E-state index is 13.1. The van der Waals surface area contributed by atoms with Gasteiger partial charge in [-0.1, -0.05) is 30.3 Å². The van der Waals surface area contributed by atoms with Crippen LogP contribution in [0.4, 0.5) is 10.1 Å². The molecule has 0 saturated carbocycles. The van der Waals surface area contributed by atoms with Gasteiger partial charge in [0.2, 0.25) is 11.8 Å². The third-order valence-corrected chi connectivity index (χ3v) is 5.15. The molecule has 1 N–H and O–H groups in total. The minimum Gasteiger partial charge on any atom is -0.339 e. The molecule has 1 aliphatic rings. The van der Waals surface area contributed by atoms with Crippen molar-refractivity contribution in [1.82, 2.24) is 4.90 Å². The highest BCUT2D eigenvalue weighted by atomic mass is 19.1. The fourth-order valence-electron chi connectivity index (χ4n) is 3.30. The molecule has 0 bridgehead atoms. The minimum atomic E-state index is -0.293. The van der Waals surface area contributed by atoms with Crippen molar-refractivity contribution in [1.29, 1.82) is 0 Å². The average Bonchev–Trinajstić information content (AvgIpc) is 2.65. The summed E-state index contributed by atoms with van der Waals surface area (Å²) in [6.07, 6.45) is 1.48. The van der Waals surface area contributed by atoms with E-state index in [-0.39, 0.29) is 29.6 Å². The lowest BCUT2D eigenvalue weighted by molar-refractivity contribution is -0.132. The summed E-state index contributed by atoms with van der Waals surface area (Å²) in [5.74, 6) is -0.527. The predicted octanol–water partition coefficient (Wildman–Crippen LogP) is 3.94. The first kappa shape index (κ1) is 18.1. The van der Waals surface area contributed by atoms with E-state index in [1.807, 2.05) is 31.2 Å². The molecule has 26 heavy (non-hydrogen) atoms. The summed E-state index contributed by atoms with van der Waals surface area (Å²) in [5.41, 5.74) is 2.85. The van der Waals surface area contributed by atoms with Crippen LogP contribution in [0.3, 0.4) is 0 Å². The molecule has 0 fully saturated rings. The number of para-hydroxylation sites is 1. The first-order chi connectivity index (χ1) is 12.5. The molecule has 1 aliphatic heterocycles. The first-order valence-electron chi connectivity index (χ1n) is 8.85. The van der Waals surface area contributed by atoms with Gasteiger partial charge in [0.25, 0.3) is 0 Å². The number of halogens is 1. The standard InChI is InChI=1S/C21H23FN2O2/c1-14(15-7-10-18(22)11-8-15)24(2)20(25)12-9-17-13-16-5-3-4-6-19(16)23-21(17)26/h3-8,10-11,14,17H,9,12-13H2,1-2H3,(H,23,26). The summed E-state index contributed by atoms with van der Waals surface area (Å²) in [7, 11) is 1.74. The van der Waals surface area contributed by atoms with Crippen LogP contribution in [0.2, 0.25) is 0 Å². The zero-order valence-corrected chi connectivity index (χ0v) is 15.0. The van der Waals surface area contributed by atoms with Gasteiger partial charge < -0.3 is 10.2 Å². The van der Waals surface area contributed by atoms with Crippen LogP contribution in [0.25, 0.3) is 0 Å². The Kier molecular flexibility index (Phi) is 5.35. The number of carbonyl (C=O) groups excluding carboxylic acids is 2. The van der Waals surface area contributed by atoms with Crippen molar-refractivity contribution in [2.75, 3.05) is 12.4 Å². The zero-order valence-electron chi connectivity index (χ0n) is 15.0. The molecule has 3 rings (SSSR count). The fourth-order valence-corrected chi connectivity index (χ4v) is 3.30. The number of benzene rings is 2. The van der Waals surface area contributed by atoms with Crippen LogP contribution in [0.15, 0.2) is 48.5 Å². The molecule has 0 saturated heterocycles. The van der Waals surface area contributed by atoms with E-state index in [0.717, 1.165) is 16.8 Å². The van der Waals surface area contributed by atoms with Gasteiger partial charge in [-0.25, -0.2) is 4.39 Å². The lowest BCUT2D eigenvalue weighted by Gasteiger charge is -2.27. The molecule has 0 spiro atoms. The lowest BCUT2D eigenvalue weighted by Crippen LogP contribution is -2.33. The molecule has 136 valence electrons. The Morgan fingerprint density at radius 3 is 2.65 bits per heavy atom. The fraction of sp³-hybridized carbons (Fsp3) is 0.333. The zero-order chi connectivity index (χ0) is 18.7. The number of carbonyl (C=O) groups is 2. The predicted molar refractivity (Wildman–Crippen MR) is 99.1 cm³/mol. The highest BCUT2D eigenvalue weighted by molar-refractivity contribution is 5.96. The Hall–Kier alpha value is -2.69. The van der Waals surface area contributed by atoms with E-state index in [1.54, 1.807) is 24.1 Å². The summed E-state index contributed by atoms with van der Waals surface area (Å²) in [6.45, 7) is 1.91. The Balaban J connectivity index is 1.58. The van der Waals surface area contributed by atoms with Crippen molar-refractivity contribution in [3.63, 3.8) is 0 Å². The molecule has 1 heterocycles. The van der Waals surface area contributed by atoms with E-state index < -0.39 is 0 Å². The van der Waals surface area contributed by atoms with Crippen molar-refractivity contribution in [2.45, 2.75) is 32.2 Å². The van der Waals surface area contributed by atoms with Gasteiger partial charge in [-0.2, -0.15) is 0 Å². The number of nitrogens with one attached hydrogen (secondary N) is 1. The molecule has 0 radical (unpaired) electrons. The van der Waals surface area contributed by atoms with Gasteiger partial charge in [-0.15, -0.1) is 0 Å². The van der Waals surface area contributed by atoms with E-state index in [4.69, 9.17) is 0 Å². The molecule has 2 atom stereocenters. The Morgan fingerprint density at radius 1 is 1.23 bits per heavy atom. The third-order valence-electron chi connectivity index (χ3n) is 5.15. The van der Waals surface area contributed by atoms with Crippen LogP contribution in [0, 0.1) is 11.7 Å². The van der Waals surface area contributed by atoms with Gasteiger partial charge in [0.05, 0.1) is 6.04 Å². The molecule has 0 aliphatic carbocycles. The molecule has 2 unspecified atom stereocenters. The van der Waals surface area contributed by atoms with Crippen molar-refractivity contribution in [2.24, 2.45) is 5.92 Å². The third kappa shape index (κ3) is 3.93. The minimum absolute atomic E-state index is 0.0199. The number of hydrogen-bond acceptors (Lipinski definition) is 2. The monoisotopic (exact) mass is 354 g/mol. The second kappa shape index (κ2) is 7.68. The van der Waals surface area contributed by atoms with E-state index >= 15 is 0 Å². The van der Waals surface area contributed by atoms with Crippen LogP contribution in [-0.2, 0) is 16.0 Å². The second-order valence-electron chi connectivity index (χ2n) is 6.82. The number of hydrogen-bond donors (Lipinski definition) is 1. The lowest BCUT2D eigenvalue weighted by atomic mass is 9.89. The number of nitrogens with zero attached hydrogens (tertiary/aromatic N) is 1. The quantitative estimate of drug-likeness (QED) is 0.884. The van der Waals surface area contributed by atoms with Crippen molar-refractivity contribution in [3.8, 4) is 0 Å². The molecular formula is C21H23FN2O2. The molecule has 2 aromatic rings. The summed E-state index contributed by atoms with van der Waals surface area (Å²) in [4.78, 5) is 26.4. The molecule has 2 amide bonds. The second-order valence-corrected chi connectivity index (χ2v) is 6.82. The van der Waals surface area contributed by atoms with Gasteiger partial charge in [0, 0.05) is 25.1 Å².